The molecular weight excluding hydrogens is 290 g/mol. The van der Waals surface area contributed by atoms with E-state index < -0.39 is 0 Å². The Labute approximate surface area is 132 Å². The van der Waals surface area contributed by atoms with Gasteiger partial charge >= 0.3 is 0 Å². The van der Waals surface area contributed by atoms with Gasteiger partial charge in [0.15, 0.2) is 0 Å². The van der Waals surface area contributed by atoms with Crippen LogP contribution in [0.1, 0.15) is 51.6 Å². The van der Waals surface area contributed by atoms with Crippen molar-refractivity contribution in [1.29, 1.82) is 0 Å². The van der Waals surface area contributed by atoms with E-state index in [9.17, 15) is 0 Å². The van der Waals surface area contributed by atoms with E-state index in [0.29, 0.717) is 5.02 Å². The molecule has 0 aliphatic heterocycles. The van der Waals surface area contributed by atoms with E-state index in [-0.39, 0.29) is 0 Å². The van der Waals surface area contributed by atoms with Gasteiger partial charge in [-0.05, 0) is 37.2 Å². The summed E-state index contributed by atoms with van der Waals surface area (Å²) in [5.74, 6) is 3.38. The van der Waals surface area contributed by atoms with Crippen LogP contribution in [0, 0.1) is 0 Å². The molecule has 1 aromatic heterocycles. The van der Waals surface area contributed by atoms with Gasteiger partial charge in [0.1, 0.15) is 17.2 Å². The van der Waals surface area contributed by atoms with Crippen LogP contribution in [0.25, 0.3) is 0 Å². The number of unbranched alkanes of at least 4 members (excludes halogenated alkanes) is 3. The summed E-state index contributed by atoms with van der Waals surface area (Å²) in [7, 11) is 0. The van der Waals surface area contributed by atoms with Crippen molar-refractivity contribution in [1.82, 2.24) is 9.97 Å². The second-order valence-electron chi connectivity index (χ2n) is 4.79. The minimum absolute atomic E-state index is 0.672. The first-order valence-corrected chi connectivity index (χ1v) is 9.13. The van der Waals surface area contributed by atoms with Crippen molar-refractivity contribution in [2.45, 2.75) is 52.4 Å². The lowest BCUT2D eigenvalue weighted by molar-refractivity contribution is 0.688. The van der Waals surface area contributed by atoms with Crippen LogP contribution in [0.15, 0.2) is 6.33 Å². The zero-order valence-corrected chi connectivity index (χ0v) is 14.2. The number of rotatable bonds is 11. The Balaban J connectivity index is 2.09. The van der Waals surface area contributed by atoms with Crippen molar-refractivity contribution in [2.24, 2.45) is 0 Å². The van der Waals surface area contributed by atoms with E-state index in [1.807, 2.05) is 0 Å². The number of nitrogens with zero attached hydrogens (tertiary/aromatic N) is 2. The molecule has 20 heavy (non-hydrogen) atoms. The van der Waals surface area contributed by atoms with Gasteiger partial charge in [-0.25, -0.2) is 9.97 Å². The van der Waals surface area contributed by atoms with Crippen molar-refractivity contribution < 1.29 is 0 Å². The SMILES string of the molecule is CCCSCCCCCCNc1ncnc(CC)c1Cl. The van der Waals surface area contributed by atoms with Crippen LogP contribution >= 0.6 is 23.4 Å². The van der Waals surface area contributed by atoms with E-state index in [1.54, 1.807) is 6.33 Å². The van der Waals surface area contributed by atoms with Gasteiger partial charge in [0.05, 0.1) is 5.69 Å². The van der Waals surface area contributed by atoms with E-state index in [1.165, 1.54) is 43.6 Å². The first-order chi connectivity index (χ1) is 9.79. The lowest BCUT2D eigenvalue weighted by Gasteiger charge is -2.09. The van der Waals surface area contributed by atoms with Crippen molar-refractivity contribution in [2.75, 3.05) is 23.4 Å². The molecule has 1 rings (SSSR count). The maximum Gasteiger partial charge on any atom is 0.148 e. The summed E-state index contributed by atoms with van der Waals surface area (Å²) in [6.07, 6.45) is 8.79. The van der Waals surface area contributed by atoms with E-state index in [2.05, 4.69) is 40.9 Å². The van der Waals surface area contributed by atoms with Gasteiger partial charge in [-0.15, -0.1) is 0 Å². The summed E-state index contributed by atoms with van der Waals surface area (Å²) in [6.45, 7) is 5.22. The molecule has 0 aromatic carbocycles. The molecule has 1 N–H and O–H groups in total. The van der Waals surface area contributed by atoms with Crippen LogP contribution < -0.4 is 5.32 Å². The summed E-state index contributed by atoms with van der Waals surface area (Å²) in [6, 6.07) is 0. The Morgan fingerprint density at radius 3 is 2.65 bits per heavy atom. The second kappa shape index (κ2) is 11.2. The summed E-state index contributed by atoms with van der Waals surface area (Å²) in [4.78, 5) is 8.36. The van der Waals surface area contributed by atoms with Gasteiger partial charge in [0, 0.05) is 6.54 Å². The molecule has 3 nitrogen and oxygen atoms in total. The molecule has 1 heterocycles. The number of hydrogen-bond donors (Lipinski definition) is 1. The predicted octanol–water partition coefficient (Wildman–Crippen LogP) is 4.81. The highest BCUT2D eigenvalue weighted by molar-refractivity contribution is 7.99. The normalized spacial score (nSPS) is 10.8. The number of aromatic nitrogens is 2. The lowest BCUT2D eigenvalue weighted by atomic mass is 10.2. The molecule has 0 spiro atoms. The average Bonchev–Trinajstić information content (AvgIpc) is 2.47. The fourth-order valence-electron chi connectivity index (χ4n) is 1.91. The maximum atomic E-state index is 6.23. The van der Waals surface area contributed by atoms with Gasteiger partial charge in [-0.2, -0.15) is 11.8 Å². The van der Waals surface area contributed by atoms with E-state index in [4.69, 9.17) is 11.6 Å². The third kappa shape index (κ3) is 6.80. The van der Waals surface area contributed by atoms with Crippen LogP contribution in [-0.4, -0.2) is 28.0 Å². The monoisotopic (exact) mass is 315 g/mol. The Morgan fingerprint density at radius 1 is 1.10 bits per heavy atom. The largest absolute Gasteiger partial charge is 0.369 e. The standard InChI is InChI=1S/C15H26ClN3S/c1-3-10-20-11-8-6-5-7-9-17-15-14(16)13(4-2)18-12-19-15/h12H,3-11H2,1-2H3,(H,17,18,19). The molecule has 0 aliphatic carbocycles. The zero-order valence-electron chi connectivity index (χ0n) is 12.6. The smallest absolute Gasteiger partial charge is 0.148 e. The third-order valence-electron chi connectivity index (χ3n) is 3.05. The molecule has 0 aliphatic rings. The molecule has 0 radical (unpaired) electrons. The molecule has 5 heteroatoms. The first-order valence-electron chi connectivity index (χ1n) is 7.60. The fraction of sp³-hybridized carbons (Fsp3) is 0.733. The van der Waals surface area contributed by atoms with Crippen molar-refractivity contribution in [3.63, 3.8) is 0 Å². The average molecular weight is 316 g/mol. The van der Waals surface area contributed by atoms with Crippen LogP contribution in [0.3, 0.4) is 0 Å². The van der Waals surface area contributed by atoms with Gasteiger partial charge in [0.2, 0.25) is 0 Å². The number of hydrogen-bond acceptors (Lipinski definition) is 4. The summed E-state index contributed by atoms with van der Waals surface area (Å²) in [5, 5.41) is 3.98. The Morgan fingerprint density at radius 2 is 1.90 bits per heavy atom. The number of halogens is 1. The van der Waals surface area contributed by atoms with Crippen molar-refractivity contribution >= 4 is 29.2 Å². The highest BCUT2D eigenvalue weighted by Gasteiger charge is 2.06. The number of thioether (sulfide) groups is 1. The highest BCUT2D eigenvalue weighted by atomic mass is 35.5. The minimum atomic E-state index is 0.672. The third-order valence-corrected chi connectivity index (χ3v) is 4.72. The Kier molecular flexibility index (Phi) is 9.85. The molecule has 0 unspecified atom stereocenters. The summed E-state index contributed by atoms with van der Waals surface area (Å²) < 4.78 is 0. The Bertz CT molecular complexity index is 374. The molecule has 1 aromatic rings. The Hall–Kier alpha value is -0.480. The molecule has 0 amide bonds. The predicted molar refractivity (Wildman–Crippen MR) is 91.0 cm³/mol. The fourth-order valence-corrected chi connectivity index (χ4v) is 3.11. The van der Waals surface area contributed by atoms with Crippen LogP contribution in [-0.2, 0) is 6.42 Å². The zero-order chi connectivity index (χ0) is 14.6. The van der Waals surface area contributed by atoms with Crippen LogP contribution in [0.5, 0.6) is 0 Å². The molecular formula is C15H26ClN3S. The van der Waals surface area contributed by atoms with Crippen LogP contribution in [0.4, 0.5) is 5.82 Å². The van der Waals surface area contributed by atoms with Gasteiger partial charge in [-0.1, -0.05) is 38.3 Å². The second-order valence-corrected chi connectivity index (χ2v) is 6.39. The van der Waals surface area contributed by atoms with E-state index in [0.717, 1.165) is 24.5 Å². The molecule has 0 saturated heterocycles. The number of nitrogens with one attached hydrogen (secondary N) is 1. The van der Waals surface area contributed by atoms with E-state index >= 15 is 0 Å². The molecule has 0 saturated carbocycles. The van der Waals surface area contributed by atoms with Gasteiger partial charge in [0.25, 0.3) is 0 Å². The van der Waals surface area contributed by atoms with Gasteiger partial charge in [-0.3, -0.25) is 0 Å². The molecule has 114 valence electrons. The molecule has 0 fully saturated rings. The number of aryl methyl sites for hydroxylation is 1. The van der Waals surface area contributed by atoms with Gasteiger partial charge < -0.3 is 5.32 Å². The first kappa shape index (κ1) is 17.6. The highest BCUT2D eigenvalue weighted by Crippen LogP contribution is 2.22. The quantitative estimate of drug-likeness (QED) is 0.595. The lowest BCUT2D eigenvalue weighted by Crippen LogP contribution is -2.06. The summed E-state index contributed by atoms with van der Waals surface area (Å²) >= 11 is 8.30. The minimum Gasteiger partial charge on any atom is -0.369 e. The molecule has 0 atom stereocenters. The van der Waals surface area contributed by atoms with Crippen molar-refractivity contribution in [3.8, 4) is 0 Å². The topological polar surface area (TPSA) is 37.8 Å². The van der Waals surface area contributed by atoms with Crippen LogP contribution in [0.2, 0.25) is 5.02 Å². The number of anilines is 1. The summed E-state index contributed by atoms with van der Waals surface area (Å²) in [5.41, 5.74) is 0.914. The van der Waals surface area contributed by atoms with Crippen molar-refractivity contribution in [3.05, 3.63) is 17.0 Å². The maximum absolute atomic E-state index is 6.23. The molecule has 0 bridgehead atoms.